The van der Waals surface area contributed by atoms with Crippen LogP contribution in [-0.2, 0) is 19.3 Å². The summed E-state index contributed by atoms with van der Waals surface area (Å²) in [6, 6.07) is 6.60. The highest BCUT2D eigenvalue weighted by Gasteiger charge is 2.33. The third-order valence-corrected chi connectivity index (χ3v) is 4.14. The normalized spacial score (nSPS) is 11.9. The van der Waals surface area contributed by atoms with Crippen LogP contribution in [0, 0.1) is 0 Å². The zero-order chi connectivity index (χ0) is 20.6. The zero-order valence-electron chi connectivity index (χ0n) is 15.3. The van der Waals surface area contributed by atoms with Crippen LogP contribution in [0.25, 0.3) is 0 Å². The monoisotopic (exact) mass is 550 g/mol. The molecule has 162 valence electrons. The number of hydrogen-bond donors (Lipinski definition) is 2. The van der Waals surface area contributed by atoms with E-state index >= 15 is 0 Å². The molecule has 0 saturated carbocycles. The number of guanidine groups is 1. The van der Waals surface area contributed by atoms with E-state index in [1.165, 1.54) is 0 Å². The van der Waals surface area contributed by atoms with Crippen molar-refractivity contribution in [1.82, 2.24) is 15.6 Å². The molecular formula is C17H20F5IN4OS. The molecule has 2 N–H and O–H groups in total. The zero-order valence-corrected chi connectivity index (χ0v) is 18.4. The predicted molar refractivity (Wildman–Crippen MR) is 112 cm³/mol. The summed E-state index contributed by atoms with van der Waals surface area (Å²) in [6.07, 6.45) is -7.03. The molecule has 0 aliphatic heterocycles. The molecular weight excluding hydrogens is 530 g/mol. The molecule has 1 aromatic heterocycles. The molecule has 29 heavy (non-hydrogen) atoms. The van der Waals surface area contributed by atoms with Crippen molar-refractivity contribution in [2.24, 2.45) is 4.99 Å². The molecule has 12 heteroatoms. The van der Waals surface area contributed by atoms with Gasteiger partial charge in [0.1, 0.15) is 17.4 Å². The first-order valence-electron chi connectivity index (χ1n) is 8.31. The topological polar surface area (TPSA) is 58.5 Å². The van der Waals surface area contributed by atoms with Gasteiger partial charge in [0.05, 0.1) is 13.1 Å². The van der Waals surface area contributed by atoms with Gasteiger partial charge in [-0.15, -0.1) is 35.3 Å². The molecule has 0 spiro atoms. The summed E-state index contributed by atoms with van der Waals surface area (Å²) in [6.45, 7) is 2.03. The maximum atomic E-state index is 12.6. The van der Waals surface area contributed by atoms with Gasteiger partial charge in [-0.2, -0.15) is 13.2 Å². The van der Waals surface area contributed by atoms with Crippen LogP contribution in [-0.4, -0.2) is 30.5 Å². The summed E-state index contributed by atoms with van der Waals surface area (Å²) < 4.78 is 67.2. The average Bonchev–Trinajstić information content (AvgIpc) is 3.12. The Balaban J connectivity index is 0.00000420. The number of ether oxygens (including phenoxy) is 1. The van der Waals surface area contributed by atoms with Gasteiger partial charge in [-0.25, -0.2) is 18.8 Å². The minimum absolute atomic E-state index is 0. The third-order valence-electron chi connectivity index (χ3n) is 3.29. The number of halogens is 6. The van der Waals surface area contributed by atoms with E-state index in [0.29, 0.717) is 18.3 Å². The first-order valence-corrected chi connectivity index (χ1v) is 9.19. The number of rotatable bonds is 8. The molecule has 0 aliphatic rings. The van der Waals surface area contributed by atoms with E-state index in [1.54, 1.807) is 24.3 Å². The third kappa shape index (κ3) is 9.10. The van der Waals surface area contributed by atoms with Crippen molar-refractivity contribution in [2.45, 2.75) is 32.6 Å². The summed E-state index contributed by atoms with van der Waals surface area (Å²) in [4.78, 5) is 7.88. The number of benzene rings is 1. The Bertz CT molecular complexity index is 785. The van der Waals surface area contributed by atoms with Crippen molar-refractivity contribution < 1.29 is 26.7 Å². The van der Waals surface area contributed by atoms with Crippen molar-refractivity contribution in [3.05, 3.63) is 45.9 Å². The Kier molecular flexibility index (Phi) is 10.6. The van der Waals surface area contributed by atoms with Crippen molar-refractivity contribution in [3.63, 3.8) is 0 Å². The molecule has 1 aromatic carbocycles. The van der Waals surface area contributed by atoms with E-state index in [9.17, 15) is 22.0 Å². The number of nitrogens with zero attached hydrogens (tertiary/aromatic N) is 2. The molecule has 0 unspecified atom stereocenters. The lowest BCUT2D eigenvalue weighted by Gasteiger charge is -2.11. The molecule has 0 bridgehead atoms. The van der Waals surface area contributed by atoms with Gasteiger partial charge < -0.3 is 15.4 Å². The Labute approximate surface area is 185 Å². The standard InChI is InChI=1S/C17H19F5N4OS.HI/c1-2-23-16(25-8-15-26-13(10-28-15)17(20,21)22)24-7-11-4-3-5-12(6-11)27-9-14(18)19;/h3-6,10,14H,2,7-9H2,1H3,(H2,23,24,25);1H. The van der Waals surface area contributed by atoms with Gasteiger partial charge >= 0.3 is 6.18 Å². The van der Waals surface area contributed by atoms with Crippen LogP contribution in [0.1, 0.15) is 23.2 Å². The summed E-state index contributed by atoms with van der Waals surface area (Å²) in [5, 5.41) is 7.14. The lowest BCUT2D eigenvalue weighted by Crippen LogP contribution is -2.36. The average molecular weight is 550 g/mol. The highest BCUT2D eigenvalue weighted by molar-refractivity contribution is 14.0. The maximum Gasteiger partial charge on any atom is 0.434 e. The van der Waals surface area contributed by atoms with Gasteiger partial charge in [0.2, 0.25) is 0 Å². The Morgan fingerprint density at radius 1 is 1.28 bits per heavy atom. The van der Waals surface area contributed by atoms with E-state index in [2.05, 4.69) is 20.6 Å². The van der Waals surface area contributed by atoms with Crippen molar-refractivity contribution >= 4 is 41.3 Å². The van der Waals surface area contributed by atoms with Crippen LogP contribution in [0.5, 0.6) is 5.75 Å². The minimum Gasteiger partial charge on any atom is -0.488 e. The van der Waals surface area contributed by atoms with Crippen LogP contribution in [0.4, 0.5) is 22.0 Å². The van der Waals surface area contributed by atoms with Crippen LogP contribution in [0.15, 0.2) is 34.6 Å². The van der Waals surface area contributed by atoms with E-state index in [1.807, 2.05) is 6.92 Å². The maximum absolute atomic E-state index is 12.6. The van der Waals surface area contributed by atoms with Crippen LogP contribution in [0.2, 0.25) is 0 Å². The SMILES string of the molecule is CCNC(=NCc1cccc(OCC(F)F)c1)NCc1nc(C(F)(F)F)cs1.I. The van der Waals surface area contributed by atoms with Crippen LogP contribution in [0.3, 0.4) is 0 Å². The minimum atomic E-state index is -4.47. The predicted octanol–water partition coefficient (Wildman–Crippen LogP) is 4.68. The smallest absolute Gasteiger partial charge is 0.434 e. The van der Waals surface area contributed by atoms with Crippen LogP contribution < -0.4 is 15.4 Å². The van der Waals surface area contributed by atoms with E-state index in [-0.39, 0.29) is 42.1 Å². The first-order chi connectivity index (χ1) is 13.3. The molecule has 1 heterocycles. The second-order valence-corrected chi connectivity index (χ2v) is 6.47. The highest BCUT2D eigenvalue weighted by Crippen LogP contribution is 2.29. The number of nitrogens with one attached hydrogen (secondary N) is 2. The highest BCUT2D eigenvalue weighted by atomic mass is 127. The Hall–Kier alpha value is -1.70. The van der Waals surface area contributed by atoms with Gasteiger partial charge in [-0.05, 0) is 24.6 Å². The van der Waals surface area contributed by atoms with Gasteiger partial charge in [0.15, 0.2) is 11.7 Å². The lowest BCUT2D eigenvalue weighted by atomic mass is 10.2. The number of hydrogen-bond acceptors (Lipinski definition) is 4. The fourth-order valence-electron chi connectivity index (χ4n) is 2.09. The van der Waals surface area contributed by atoms with E-state index in [0.717, 1.165) is 22.3 Å². The first kappa shape index (κ1) is 25.3. The summed E-state index contributed by atoms with van der Waals surface area (Å²) in [5.74, 6) is 0.707. The van der Waals surface area contributed by atoms with Crippen LogP contribution >= 0.6 is 35.3 Å². The number of alkyl halides is 5. The Morgan fingerprint density at radius 2 is 2.03 bits per heavy atom. The van der Waals surface area contributed by atoms with Crippen molar-refractivity contribution in [1.29, 1.82) is 0 Å². The molecule has 0 radical (unpaired) electrons. The quantitative estimate of drug-likeness (QED) is 0.217. The lowest BCUT2D eigenvalue weighted by molar-refractivity contribution is -0.140. The van der Waals surface area contributed by atoms with Crippen molar-refractivity contribution in [3.8, 4) is 5.75 Å². The number of aromatic nitrogens is 1. The molecule has 2 rings (SSSR count). The molecule has 2 aromatic rings. The molecule has 0 atom stereocenters. The van der Waals surface area contributed by atoms with E-state index in [4.69, 9.17) is 4.74 Å². The summed E-state index contributed by atoms with van der Waals surface area (Å²) in [7, 11) is 0. The molecule has 5 nitrogen and oxygen atoms in total. The molecule has 0 saturated heterocycles. The summed E-state index contributed by atoms with van der Waals surface area (Å²) in [5.41, 5.74) is -0.186. The van der Waals surface area contributed by atoms with Gasteiger partial charge in [-0.3, -0.25) is 0 Å². The fraction of sp³-hybridized carbons (Fsp3) is 0.412. The van der Waals surface area contributed by atoms with Gasteiger partial charge in [0, 0.05) is 11.9 Å². The fourth-order valence-corrected chi connectivity index (χ4v) is 2.83. The molecule has 0 fully saturated rings. The molecule has 0 aliphatic carbocycles. The van der Waals surface area contributed by atoms with Gasteiger partial charge in [0.25, 0.3) is 6.43 Å². The second kappa shape index (κ2) is 12.1. The number of thiazole rings is 1. The van der Waals surface area contributed by atoms with E-state index < -0.39 is 24.9 Å². The molecule has 0 amide bonds. The Morgan fingerprint density at radius 3 is 2.66 bits per heavy atom. The number of aliphatic imine (C=N–C) groups is 1. The summed E-state index contributed by atoms with van der Waals surface area (Å²) >= 11 is 0.906. The van der Waals surface area contributed by atoms with Crippen molar-refractivity contribution in [2.75, 3.05) is 13.2 Å². The second-order valence-electron chi connectivity index (χ2n) is 5.52. The van der Waals surface area contributed by atoms with Gasteiger partial charge in [-0.1, -0.05) is 12.1 Å². The largest absolute Gasteiger partial charge is 0.488 e.